The first-order chi connectivity index (χ1) is 9.96. The topological polar surface area (TPSA) is 98.5 Å². The minimum Gasteiger partial charge on any atom is -0.406 e. The summed E-state index contributed by atoms with van der Waals surface area (Å²) in [5, 5.41) is 2.37. The van der Waals surface area contributed by atoms with E-state index in [2.05, 4.69) is 10.1 Å². The number of sulfone groups is 1. The predicted molar refractivity (Wildman–Crippen MR) is 74.1 cm³/mol. The van der Waals surface area contributed by atoms with Crippen LogP contribution in [0.3, 0.4) is 0 Å². The number of rotatable bonds is 6. The van der Waals surface area contributed by atoms with Gasteiger partial charge in [0.25, 0.3) is 0 Å². The Morgan fingerprint density at radius 1 is 1.32 bits per heavy atom. The van der Waals surface area contributed by atoms with Gasteiger partial charge in [-0.15, -0.1) is 13.2 Å². The van der Waals surface area contributed by atoms with Gasteiger partial charge in [-0.3, -0.25) is 4.79 Å². The predicted octanol–water partition coefficient (Wildman–Crippen LogP) is 1.29. The molecule has 124 valence electrons. The highest BCUT2D eigenvalue weighted by Gasteiger charge is 2.31. The first-order valence-corrected chi connectivity index (χ1v) is 8.12. The van der Waals surface area contributed by atoms with E-state index in [4.69, 9.17) is 5.73 Å². The summed E-state index contributed by atoms with van der Waals surface area (Å²) in [6.07, 6.45) is -3.82. The molecule has 0 aromatic heterocycles. The zero-order valence-electron chi connectivity index (χ0n) is 11.6. The highest BCUT2D eigenvalue weighted by atomic mass is 32.2. The van der Waals surface area contributed by atoms with Crippen LogP contribution in [0.1, 0.15) is 6.42 Å². The van der Waals surface area contributed by atoms with Crippen molar-refractivity contribution in [1.29, 1.82) is 0 Å². The molecule has 6 nitrogen and oxygen atoms in total. The van der Waals surface area contributed by atoms with Crippen LogP contribution in [0.4, 0.5) is 18.9 Å². The van der Waals surface area contributed by atoms with Crippen LogP contribution < -0.4 is 15.8 Å². The number of hydrogen-bond acceptors (Lipinski definition) is 5. The van der Waals surface area contributed by atoms with E-state index in [1.54, 1.807) is 0 Å². The van der Waals surface area contributed by atoms with Crippen LogP contribution in [0, 0.1) is 0 Å². The number of nitrogens with one attached hydrogen (secondary N) is 1. The third-order valence-electron chi connectivity index (χ3n) is 2.49. The highest BCUT2D eigenvalue weighted by Crippen LogP contribution is 2.23. The maximum Gasteiger partial charge on any atom is 0.573 e. The number of ether oxygens (including phenoxy) is 1. The molecule has 3 N–H and O–H groups in total. The lowest BCUT2D eigenvalue weighted by Gasteiger charge is -2.13. The van der Waals surface area contributed by atoms with E-state index < -0.39 is 33.9 Å². The van der Waals surface area contributed by atoms with Crippen LogP contribution in [-0.4, -0.2) is 38.7 Å². The average Bonchev–Trinajstić information content (AvgIpc) is 2.35. The Labute approximate surface area is 125 Å². The largest absolute Gasteiger partial charge is 0.573 e. The van der Waals surface area contributed by atoms with E-state index >= 15 is 0 Å². The zero-order valence-corrected chi connectivity index (χ0v) is 12.4. The van der Waals surface area contributed by atoms with Crippen LogP contribution in [0.2, 0.25) is 0 Å². The second-order valence-electron chi connectivity index (χ2n) is 4.59. The first kappa shape index (κ1) is 18.2. The molecule has 1 unspecified atom stereocenters. The van der Waals surface area contributed by atoms with E-state index in [1.165, 1.54) is 12.1 Å². The van der Waals surface area contributed by atoms with Crippen molar-refractivity contribution in [1.82, 2.24) is 0 Å². The van der Waals surface area contributed by atoms with Crippen molar-refractivity contribution >= 4 is 21.4 Å². The quantitative estimate of drug-likeness (QED) is 0.813. The SMILES string of the molecule is CS(=O)(=O)CCC(N)C(=O)Nc1ccc(OC(F)(F)F)cc1. The molecule has 0 heterocycles. The molecule has 1 amide bonds. The molecule has 22 heavy (non-hydrogen) atoms. The Balaban J connectivity index is 2.57. The third kappa shape index (κ3) is 7.27. The van der Waals surface area contributed by atoms with E-state index in [9.17, 15) is 26.4 Å². The number of benzene rings is 1. The van der Waals surface area contributed by atoms with Gasteiger partial charge in [0.15, 0.2) is 0 Å². The number of hydrogen-bond donors (Lipinski definition) is 2. The lowest BCUT2D eigenvalue weighted by Crippen LogP contribution is -2.37. The normalized spacial score (nSPS) is 13.5. The van der Waals surface area contributed by atoms with Crippen molar-refractivity contribution < 1.29 is 31.1 Å². The number of amides is 1. The molecule has 1 atom stereocenters. The molecular weight excluding hydrogens is 325 g/mol. The fourth-order valence-corrected chi connectivity index (χ4v) is 2.13. The molecule has 0 saturated heterocycles. The Morgan fingerprint density at radius 2 is 1.86 bits per heavy atom. The van der Waals surface area contributed by atoms with Crippen LogP contribution in [0.5, 0.6) is 5.75 Å². The molecule has 1 rings (SSSR count). The number of alkyl halides is 3. The number of halogens is 3. The van der Waals surface area contributed by atoms with Gasteiger partial charge in [0.05, 0.1) is 11.8 Å². The molecule has 0 aliphatic rings. The van der Waals surface area contributed by atoms with E-state index in [0.29, 0.717) is 0 Å². The van der Waals surface area contributed by atoms with E-state index in [1.807, 2.05) is 0 Å². The van der Waals surface area contributed by atoms with Crippen molar-refractivity contribution in [2.45, 2.75) is 18.8 Å². The maximum atomic E-state index is 12.0. The number of anilines is 1. The molecule has 1 aromatic carbocycles. The molecule has 0 fully saturated rings. The summed E-state index contributed by atoms with van der Waals surface area (Å²) < 4.78 is 61.6. The first-order valence-electron chi connectivity index (χ1n) is 6.06. The van der Waals surface area contributed by atoms with Crippen molar-refractivity contribution in [3.63, 3.8) is 0 Å². The summed E-state index contributed by atoms with van der Waals surface area (Å²) in [5.41, 5.74) is 5.75. The number of nitrogens with two attached hydrogens (primary N) is 1. The molecule has 1 aromatic rings. The Hall–Kier alpha value is -1.81. The van der Waals surface area contributed by atoms with Crippen LogP contribution in [-0.2, 0) is 14.6 Å². The van der Waals surface area contributed by atoms with Gasteiger partial charge in [-0.05, 0) is 30.7 Å². The summed E-state index contributed by atoms with van der Waals surface area (Å²) in [5.74, 6) is -1.29. The van der Waals surface area contributed by atoms with Crippen LogP contribution in [0.15, 0.2) is 24.3 Å². The summed E-state index contributed by atoms with van der Waals surface area (Å²) in [6, 6.07) is 3.45. The monoisotopic (exact) mass is 340 g/mol. The molecule has 0 saturated carbocycles. The van der Waals surface area contributed by atoms with Crippen molar-refractivity contribution in [2.75, 3.05) is 17.3 Å². The second kappa shape index (κ2) is 6.97. The summed E-state index contributed by atoms with van der Waals surface area (Å²) in [4.78, 5) is 11.7. The Kier molecular flexibility index (Phi) is 5.78. The summed E-state index contributed by atoms with van der Waals surface area (Å²) in [7, 11) is -3.23. The molecule has 0 aliphatic carbocycles. The molecule has 10 heteroatoms. The maximum absolute atomic E-state index is 12.0. The van der Waals surface area contributed by atoms with Gasteiger partial charge < -0.3 is 15.8 Å². The van der Waals surface area contributed by atoms with Gasteiger partial charge in [0, 0.05) is 11.9 Å². The average molecular weight is 340 g/mol. The third-order valence-corrected chi connectivity index (χ3v) is 3.47. The Bertz CT molecular complexity index is 614. The second-order valence-corrected chi connectivity index (χ2v) is 6.85. The van der Waals surface area contributed by atoms with Crippen molar-refractivity contribution in [2.24, 2.45) is 5.73 Å². The standard InChI is InChI=1S/C12H15F3N2O4S/c1-22(19,20)7-6-10(16)11(18)17-8-2-4-9(5-3-8)21-12(13,14)15/h2-5,10H,6-7,16H2,1H3,(H,17,18). The van der Waals surface area contributed by atoms with Gasteiger partial charge in [-0.2, -0.15) is 0 Å². The number of carbonyl (C=O) groups excluding carboxylic acids is 1. The van der Waals surface area contributed by atoms with Crippen LogP contribution >= 0.6 is 0 Å². The van der Waals surface area contributed by atoms with Gasteiger partial charge >= 0.3 is 6.36 Å². The fourth-order valence-electron chi connectivity index (χ4n) is 1.45. The lowest BCUT2D eigenvalue weighted by atomic mass is 10.2. The van der Waals surface area contributed by atoms with Crippen LogP contribution in [0.25, 0.3) is 0 Å². The summed E-state index contributed by atoms with van der Waals surface area (Å²) in [6.45, 7) is 0. The lowest BCUT2D eigenvalue weighted by molar-refractivity contribution is -0.274. The fraction of sp³-hybridized carbons (Fsp3) is 0.417. The molecular formula is C12H15F3N2O4S. The molecule has 0 bridgehead atoms. The Morgan fingerprint density at radius 3 is 2.32 bits per heavy atom. The minimum absolute atomic E-state index is 0.0556. The number of carbonyl (C=O) groups is 1. The zero-order chi connectivity index (χ0) is 17.0. The van der Waals surface area contributed by atoms with Gasteiger partial charge in [-0.1, -0.05) is 0 Å². The summed E-state index contributed by atoms with van der Waals surface area (Å²) >= 11 is 0. The van der Waals surface area contributed by atoms with E-state index in [0.717, 1.165) is 18.4 Å². The van der Waals surface area contributed by atoms with Crippen molar-refractivity contribution in [3.05, 3.63) is 24.3 Å². The molecule has 0 radical (unpaired) electrons. The van der Waals surface area contributed by atoms with Gasteiger partial charge in [-0.25, -0.2) is 8.42 Å². The molecule has 0 spiro atoms. The minimum atomic E-state index is -4.79. The smallest absolute Gasteiger partial charge is 0.406 e. The molecule has 0 aliphatic heterocycles. The van der Waals surface area contributed by atoms with Gasteiger partial charge in [0.2, 0.25) is 5.91 Å². The van der Waals surface area contributed by atoms with Crippen molar-refractivity contribution in [3.8, 4) is 5.75 Å². The van der Waals surface area contributed by atoms with E-state index in [-0.39, 0.29) is 17.9 Å². The highest BCUT2D eigenvalue weighted by molar-refractivity contribution is 7.90. The van der Waals surface area contributed by atoms with Gasteiger partial charge in [0.1, 0.15) is 15.6 Å².